The fourth-order valence-corrected chi connectivity index (χ4v) is 2.27. The van der Waals surface area contributed by atoms with Crippen molar-refractivity contribution >= 4 is 5.91 Å². The normalized spacial score (nSPS) is 30.1. The number of hydrogen-bond donors (Lipinski definition) is 2. The van der Waals surface area contributed by atoms with Gasteiger partial charge in [-0.2, -0.15) is 0 Å². The third-order valence-electron chi connectivity index (χ3n) is 3.35. The zero-order chi connectivity index (χ0) is 10.7. The van der Waals surface area contributed by atoms with E-state index < -0.39 is 0 Å². The van der Waals surface area contributed by atoms with Gasteiger partial charge in [-0.25, -0.2) is 0 Å². The first-order valence-electron chi connectivity index (χ1n) is 5.84. The van der Waals surface area contributed by atoms with Crippen molar-refractivity contribution in [2.45, 2.75) is 44.2 Å². The summed E-state index contributed by atoms with van der Waals surface area (Å²) >= 11 is 0. The van der Waals surface area contributed by atoms with Gasteiger partial charge in [-0.1, -0.05) is 0 Å². The summed E-state index contributed by atoms with van der Waals surface area (Å²) < 4.78 is 5.37. The van der Waals surface area contributed by atoms with E-state index in [1.807, 2.05) is 0 Å². The second kappa shape index (κ2) is 4.49. The van der Waals surface area contributed by atoms with Crippen molar-refractivity contribution in [2.75, 3.05) is 19.7 Å². The Morgan fingerprint density at radius 3 is 2.80 bits per heavy atom. The highest BCUT2D eigenvalue weighted by Crippen LogP contribution is 2.19. The highest BCUT2D eigenvalue weighted by Gasteiger charge is 2.32. The van der Waals surface area contributed by atoms with Crippen LogP contribution < -0.4 is 10.6 Å². The summed E-state index contributed by atoms with van der Waals surface area (Å²) in [5.41, 5.74) is -0.0334. The second-order valence-corrected chi connectivity index (χ2v) is 4.80. The molecule has 0 aromatic heterocycles. The molecule has 15 heavy (non-hydrogen) atoms. The minimum Gasteiger partial charge on any atom is -0.368 e. The lowest BCUT2D eigenvalue weighted by atomic mass is 9.90. The van der Waals surface area contributed by atoms with Gasteiger partial charge in [0, 0.05) is 12.1 Å². The average Bonchev–Trinajstić information content (AvgIpc) is 2.70. The van der Waals surface area contributed by atoms with Gasteiger partial charge in [-0.3, -0.25) is 4.79 Å². The zero-order valence-corrected chi connectivity index (χ0v) is 9.34. The summed E-state index contributed by atoms with van der Waals surface area (Å²) in [6.07, 6.45) is 3.70. The van der Waals surface area contributed by atoms with E-state index in [4.69, 9.17) is 4.74 Å². The molecule has 2 heterocycles. The van der Waals surface area contributed by atoms with Gasteiger partial charge in [-0.05, 0) is 45.7 Å². The number of hydrogen-bond acceptors (Lipinski definition) is 3. The Balaban J connectivity index is 1.86. The smallest absolute Gasteiger partial charge is 0.249 e. The molecule has 0 radical (unpaired) electrons. The summed E-state index contributed by atoms with van der Waals surface area (Å²) in [6, 6.07) is 0. The number of amides is 1. The monoisotopic (exact) mass is 212 g/mol. The van der Waals surface area contributed by atoms with E-state index in [1.165, 1.54) is 0 Å². The predicted molar refractivity (Wildman–Crippen MR) is 57.6 cm³/mol. The maximum atomic E-state index is 11.9. The molecule has 0 spiro atoms. The molecule has 0 bridgehead atoms. The zero-order valence-electron chi connectivity index (χ0n) is 9.34. The lowest BCUT2D eigenvalue weighted by Gasteiger charge is -2.35. The summed E-state index contributed by atoms with van der Waals surface area (Å²) in [4.78, 5) is 11.9. The van der Waals surface area contributed by atoms with Crippen molar-refractivity contribution in [2.24, 2.45) is 0 Å². The van der Waals surface area contributed by atoms with Crippen molar-refractivity contribution in [3.8, 4) is 0 Å². The molecule has 2 aliphatic rings. The van der Waals surface area contributed by atoms with E-state index in [2.05, 4.69) is 17.6 Å². The number of carbonyl (C=O) groups is 1. The molecule has 4 heteroatoms. The number of carbonyl (C=O) groups excluding carboxylic acids is 1. The van der Waals surface area contributed by atoms with Gasteiger partial charge in [0.2, 0.25) is 5.91 Å². The quantitative estimate of drug-likeness (QED) is 0.697. The highest BCUT2D eigenvalue weighted by molar-refractivity contribution is 5.81. The largest absolute Gasteiger partial charge is 0.368 e. The molecular weight excluding hydrogens is 192 g/mol. The predicted octanol–water partition coefficient (Wildman–Crippen LogP) is 0.424. The first-order valence-corrected chi connectivity index (χ1v) is 5.84. The van der Waals surface area contributed by atoms with Crippen molar-refractivity contribution in [3.05, 3.63) is 0 Å². The minimum absolute atomic E-state index is 0.0334. The third kappa shape index (κ3) is 2.69. The molecule has 2 rings (SSSR count). The molecule has 0 saturated carbocycles. The van der Waals surface area contributed by atoms with Crippen LogP contribution in [0.4, 0.5) is 0 Å². The van der Waals surface area contributed by atoms with Crippen LogP contribution in [0.5, 0.6) is 0 Å². The molecule has 0 unspecified atom stereocenters. The van der Waals surface area contributed by atoms with Gasteiger partial charge in [0.1, 0.15) is 6.10 Å². The van der Waals surface area contributed by atoms with Gasteiger partial charge in [0.15, 0.2) is 0 Å². The molecule has 2 fully saturated rings. The Bertz CT molecular complexity index is 231. The SMILES string of the molecule is CC1(NC(=O)[C@@H]2CCCO2)CCNCC1. The number of rotatable bonds is 2. The Morgan fingerprint density at radius 1 is 1.47 bits per heavy atom. The van der Waals surface area contributed by atoms with Gasteiger partial charge >= 0.3 is 0 Å². The molecule has 1 amide bonds. The minimum atomic E-state index is -0.197. The van der Waals surface area contributed by atoms with E-state index in [0.29, 0.717) is 0 Å². The summed E-state index contributed by atoms with van der Waals surface area (Å²) in [7, 11) is 0. The standard InChI is InChI=1S/C11H20N2O2/c1-11(4-6-12-7-5-11)13-10(14)9-3-2-8-15-9/h9,12H,2-8H2,1H3,(H,13,14)/t9-/m0/s1. The van der Waals surface area contributed by atoms with Crippen molar-refractivity contribution in [1.29, 1.82) is 0 Å². The Labute approximate surface area is 90.8 Å². The topological polar surface area (TPSA) is 50.4 Å². The van der Waals surface area contributed by atoms with Crippen LogP contribution in [0.15, 0.2) is 0 Å². The molecule has 1 atom stereocenters. The third-order valence-corrected chi connectivity index (χ3v) is 3.35. The number of piperidine rings is 1. The Hall–Kier alpha value is -0.610. The van der Waals surface area contributed by atoms with Crippen LogP contribution in [0.25, 0.3) is 0 Å². The molecule has 0 aromatic rings. The fourth-order valence-electron chi connectivity index (χ4n) is 2.27. The molecule has 2 aliphatic heterocycles. The van der Waals surface area contributed by atoms with Crippen LogP contribution in [-0.2, 0) is 9.53 Å². The van der Waals surface area contributed by atoms with Gasteiger partial charge in [-0.15, -0.1) is 0 Å². The van der Waals surface area contributed by atoms with E-state index in [9.17, 15) is 4.79 Å². The number of nitrogens with one attached hydrogen (secondary N) is 2. The van der Waals surface area contributed by atoms with Gasteiger partial charge in [0.25, 0.3) is 0 Å². The fraction of sp³-hybridized carbons (Fsp3) is 0.909. The van der Waals surface area contributed by atoms with Crippen molar-refractivity contribution in [1.82, 2.24) is 10.6 Å². The lowest BCUT2D eigenvalue weighted by molar-refractivity contribution is -0.132. The van der Waals surface area contributed by atoms with Crippen LogP contribution in [0.1, 0.15) is 32.6 Å². The maximum absolute atomic E-state index is 11.9. The molecular formula is C11H20N2O2. The van der Waals surface area contributed by atoms with Crippen molar-refractivity contribution < 1.29 is 9.53 Å². The maximum Gasteiger partial charge on any atom is 0.249 e. The van der Waals surface area contributed by atoms with Crippen LogP contribution in [-0.4, -0.2) is 37.2 Å². The first-order chi connectivity index (χ1) is 7.20. The Kier molecular flexibility index (Phi) is 3.26. The molecule has 0 aliphatic carbocycles. The van der Waals surface area contributed by atoms with E-state index in [1.54, 1.807) is 0 Å². The average molecular weight is 212 g/mol. The van der Waals surface area contributed by atoms with Crippen LogP contribution in [0.2, 0.25) is 0 Å². The van der Waals surface area contributed by atoms with Crippen LogP contribution in [0.3, 0.4) is 0 Å². The molecule has 2 saturated heterocycles. The van der Waals surface area contributed by atoms with Crippen LogP contribution in [0, 0.1) is 0 Å². The summed E-state index contributed by atoms with van der Waals surface area (Å²) in [5.74, 6) is 0.0805. The first kappa shape index (κ1) is 10.9. The lowest BCUT2D eigenvalue weighted by Crippen LogP contribution is -2.54. The van der Waals surface area contributed by atoms with Crippen molar-refractivity contribution in [3.63, 3.8) is 0 Å². The molecule has 4 nitrogen and oxygen atoms in total. The molecule has 86 valence electrons. The van der Waals surface area contributed by atoms with E-state index in [0.717, 1.165) is 45.4 Å². The summed E-state index contributed by atoms with van der Waals surface area (Å²) in [6.45, 7) is 4.83. The number of ether oxygens (including phenoxy) is 1. The molecule has 2 N–H and O–H groups in total. The van der Waals surface area contributed by atoms with Gasteiger partial charge in [0.05, 0.1) is 0 Å². The summed E-state index contributed by atoms with van der Waals surface area (Å²) in [5, 5.41) is 6.43. The second-order valence-electron chi connectivity index (χ2n) is 4.80. The van der Waals surface area contributed by atoms with E-state index in [-0.39, 0.29) is 17.6 Å². The van der Waals surface area contributed by atoms with Gasteiger partial charge < -0.3 is 15.4 Å². The highest BCUT2D eigenvalue weighted by atomic mass is 16.5. The van der Waals surface area contributed by atoms with Crippen LogP contribution >= 0.6 is 0 Å². The van der Waals surface area contributed by atoms with E-state index >= 15 is 0 Å². The Morgan fingerprint density at radius 2 is 2.20 bits per heavy atom. The molecule has 0 aromatic carbocycles.